The van der Waals surface area contributed by atoms with Gasteiger partial charge in [-0.3, -0.25) is 14.4 Å². The molecule has 3 heterocycles. The van der Waals surface area contributed by atoms with E-state index in [9.17, 15) is 19.8 Å². The lowest BCUT2D eigenvalue weighted by atomic mass is 9.62. The average Bonchev–Trinajstić information content (AvgIpc) is 3.73. The summed E-state index contributed by atoms with van der Waals surface area (Å²) in [6.07, 6.45) is 1.61. The van der Waals surface area contributed by atoms with E-state index in [4.69, 9.17) is 19.0 Å². The lowest BCUT2D eigenvalue weighted by Crippen LogP contribution is -2.69. The van der Waals surface area contributed by atoms with Crippen molar-refractivity contribution in [2.24, 2.45) is 5.41 Å². The number of aliphatic hydroxyl groups excluding tert-OH is 1. The highest BCUT2D eigenvalue weighted by Crippen LogP contribution is 2.59. The number of aliphatic hydroxyl groups is 1. The van der Waals surface area contributed by atoms with Crippen LogP contribution in [0.2, 0.25) is 0 Å². The van der Waals surface area contributed by atoms with Crippen LogP contribution in [0.5, 0.6) is 5.75 Å². The van der Waals surface area contributed by atoms with E-state index in [-0.39, 0.29) is 31.9 Å². The number of carbonyl (C=O) groups excluding carboxylic acids is 2. The maximum Gasteiger partial charge on any atom is 0.327 e. The fourth-order valence-electron chi connectivity index (χ4n) is 7.94. The van der Waals surface area contributed by atoms with Crippen molar-refractivity contribution in [2.45, 2.75) is 55.6 Å². The van der Waals surface area contributed by atoms with Crippen LogP contribution in [0.3, 0.4) is 0 Å². The lowest BCUT2D eigenvalue weighted by Gasteiger charge is -2.48. The minimum absolute atomic E-state index is 0.0298. The van der Waals surface area contributed by atoms with Crippen molar-refractivity contribution in [3.05, 3.63) is 143 Å². The SMILES string of the molecule is O=C1O[C@@H]2C[C@@]3(C(=O)NCCO)[C@H](ON(Cc4ccc(C=CCc5ccccc5O)cc4)[C@@H]13)[C@H]1OC(c3ccccc3)(c3ccccc3)O[C@H]12. The smallest absolute Gasteiger partial charge is 0.327 e. The molecule has 1 amide bonds. The molecule has 256 valence electrons. The molecule has 6 atom stereocenters. The molecule has 1 saturated carbocycles. The molecule has 10 nitrogen and oxygen atoms in total. The van der Waals surface area contributed by atoms with Gasteiger partial charge in [-0.25, -0.2) is 0 Å². The molecule has 3 aliphatic heterocycles. The van der Waals surface area contributed by atoms with Gasteiger partial charge < -0.3 is 29.7 Å². The number of phenolic OH excluding ortho intramolecular Hbond substituents is 1. The van der Waals surface area contributed by atoms with Gasteiger partial charge in [0.1, 0.15) is 35.6 Å². The molecule has 10 heteroatoms. The van der Waals surface area contributed by atoms with Crippen molar-refractivity contribution >= 4 is 18.0 Å². The third kappa shape index (κ3) is 5.40. The number of amides is 1. The van der Waals surface area contributed by atoms with Crippen molar-refractivity contribution in [1.82, 2.24) is 10.4 Å². The Hall–Kier alpha value is -4.84. The lowest BCUT2D eigenvalue weighted by molar-refractivity contribution is -0.213. The number of nitrogens with one attached hydrogen (secondary N) is 1. The molecule has 0 radical (unpaired) electrons. The van der Waals surface area contributed by atoms with E-state index in [0.29, 0.717) is 6.42 Å². The highest BCUT2D eigenvalue weighted by Gasteiger charge is 2.76. The number of benzene rings is 4. The van der Waals surface area contributed by atoms with Crippen LogP contribution in [0.25, 0.3) is 6.08 Å². The van der Waals surface area contributed by atoms with E-state index in [1.807, 2.05) is 109 Å². The molecule has 4 aromatic carbocycles. The molecule has 0 aromatic heterocycles. The largest absolute Gasteiger partial charge is 0.508 e. The molecular formula is C40H38N2O8. The fourth-order valence-corrected chi connectivity index (χ4v) is 7.94. The zero-order valence-corrected chi connectivity index (χ0v) is 27.3. The van der Waals surface area contributed by atoms with Crippen LogP contribution in [-0.2, 0) is 47.4 Å². The molecule has 50 heavy (non-hydrogen) atoms. The number of aromatic hydroxyl groups is 1. The number of esters is 1. The van der Waals surface area contributed by atoms with Gasteiger partial charge in [-0.15, -0.1) is 0 Å². The molecule has 8 rings (SSSR count). The number of carbonyl (C=O) groups is 2. The van der Waals surface area contributed by atoms with Gasteiger partial charge in [-0.2, -0.15) is 5.06 Å². The molecule has 4 aliphatic rings. The van der Waals surface area contributed by atoms with Crippen molar-refractivity contribution in [3.63, 3.8) is 0 Å². The number of phenols is 1. The third-order valence-electron chi connectivity index (χ3n) is 10.2. The highest BCUT2D eigenvalue weighted by molar-refractivity contribution is 5.93. The minimum atomic E-state index is -1.35. The van der Waals surface area contributed by atoms with Crippen LogP contribution >= 0.6 is 0 Å². The molecule has 2 bridgehead atoms. The van der Waals surface area contributed by atoms with Crippen molar-refractivity contribution in [3.8, 4) is 5.75 Å². The topological polar surface area (TPSA) is 127 Å². The Kier molecular flexibility index (Phi) is 8.50. The second-order valence-electron chi connectivity index (χ2n) is 13.2. The summed E-state index contributed by atoms with van der Waals surface area (Å²) in [7, 11) is 0. The van der Waals surface area contributed by atoms with Gasteiger partial charge in [0.25, 0.3) is 0 Å². The predicted octanol–water partition coefficient (Wildman–Crippen LogP) is 4.24. The van der Waals surface area contributed by atoms with E-state index < -0.39 is 53.5 Å². The van der Waals surface area contributed by atoms with Gasteiger partial charge >= 0.3 is 5.97 Å². The van der Waals surface area contributed by atoms with E-state index in [0.717, 1.165) is 27.8 Å². The first kappa shape index (κ1) is 32.4. The van der Waals surface area contributed by atoms with Crippen LogP contribution in [0.15, 0.2) is 115 Å². The summed E-state index contributed by atoms with van der Waals surface area (Å²) in [6.45, 7) is -0.0136. The number of para-hydroxylation sites is 1. The standard InChI is InChI=1S/C40H38N2O8/c43-23-22-41-38(46)39-24-32-33-34(49-40(48-33,29-13-3-1-4-14-29)30-15-5-2-6-16-30)36(39)50-42(35(39)37(45)47-32)25-27-20-18-26(19-21-27)10-9-12-28-11-7-8-17-31(28)44/h1-11,13-21,32-36,43-44H,12,22-25H2,(H,41,46)/t32-,33+,34+,35+,36-,39+/m1/s1. The first-order valence-electron chi connectivity index (χ1n) is 16.9. The molecule has 1 aliphatic carbocycles. The molecule has 4 fully saturated rings. The molecule has 0 unspecified atom stereocenters. The van der Waals surface area contributed by atoms with Gasteiger partial charge in [-0.05, 0) is 29.2 Å². The Morgan fingerprint density at radius 3 is 2.22 bits per heavy atom. The molecule has 0 spiro atoms. The highest BCUT2D eigenvalue weighted by atomic mass is 16.8. The average molecular weight is 675 g/mol. The summed E-state index contributed by atoms with van der Waals surface area (Å²) in [5.74, 6) is -2.03. The third-order valence-corrected chi connectivity index (χ3v) is 10.2. The Bertz CT molecular complexity index is 1850. The van der Waals surface area contributed by atoms with Crippen LogP contribution in [0, 0.1) is 5.41 Å². The summed E-state index contributed by atoms with van der Waals surface area (Å²) < 4.78 is 19.9. The molecule has 3 N–H and O–H groups in total. The minimum Gasteiger partial charge on any atom is -0.508 e. The number of rotatable bonds is 10. The number of nitrogens with zero attached hydrogens (tertiary/aromatic N) is 1. The maximum atomic E-state index is 14.2. The van der Waals surface area contributed by atoms with E-state index in [2.05, 4.69) is 5.32 Å². The number of hydroxylamine groups is 2. The van der Waals surface area contributed by atoms with Gasteiger partial charge in [0, 0.05) is 24.1 Å². The number of hydrogen-bond acceptors (Lipinski definition) is 9. The Balaban J connectivity index is 1.11. The first-order chi connectivity index (χ1) is 24.4. The van der Waals surface area contributed by atoms with Crippen LogP contribution in [-0.4, -0.2) is 70.8 Å². The quantitative estimate of drug-likeness (QED) is 0.212. The molecular weight excluding hydrogens is 636 g/mol. The predicted molar refractivity (Wildman–Crippen MR) is 182 cm³/mol. The second kappa shape index (κ2) is 13.1. The van der Waals surface area contributed by atoms with E-state index >= 15 is 0 Å². The van der Waals surface area contributed by atoms with Crippen molar-refractivity contribution < 1.29 is 38.9 Å². The number of hydrogen-bond donors (Lipinski definition) is 3. The first-order valence-corrected chi connectivity index (χ1v) is 16.9. The summed E-state index contributed by atoms with van der Waals surface area (Å²) in [5.41, 5.74) is 2.86. The van der Waals surface area contributed by atoms with Gasteiger partial charge in [0.15, 0.2) is 6.04 Å². The van der Waals surface area contributed by atoms with Gasteiger partial charge in [0.2, 0.25) is 11.7 Å². The van der Waals surface area contributed by atoms with E-state index in [1.54, 1.807) is 17.2 Å². The van der Waals surface area contributed by atoms with Crippen molar-refractivity contribution in [1.29, 1.82) is 0 Å². The Morgan fingerprint density at radius 1 is 0.880 bits per heavy atom. The van der Waals surface area contributed by atoms with Crippen LogP contribution in [0.4, 0.5) is 0 Å². The van der Waals surface area contributed by atoms with Crippen molar-refractivity contribution in [2.75, 3.05) is 13.2 Å². The molecule has 3 saturated heterocycles. The van der Waals surface area contributed by atoms with Gasteiger partial charge in [-0.1, -0.05) is 115 Å². The summed E-state index contributed by atoms with van der Waals surface area (Å²) >= 11 is 0. The zero-order valence-electron chi connectivity index (χ0n) is 27.3. The Labute approximate surface area is 289 Å². The Morgan fingerprint density at radius 2 is 1.54 bits per heavy atom. The number of fused-ring (bicyclic) bond motifs is 4. The van der Waals surface area contributed by atoms with Gasteiger partial charge in [0.05, 0.1) is 13.2 Å². The van der Waals surface area contributed by atoms with Crippen LogP contribution in [0.1, 0.15) is 34.2 Å². The fraction of sp³-hybridized carbons (Fsp3) is 0.300. The normalized spacial score (nSPS) is 27.9. The summed E-state index contributed by atoms with van der Waals surface area (Å²) in [4.78, 5) is 34.8. The zero-order chi connectivity index (χ0) is 34.3. The number of allylic oxidation sites excluding steroid dienone is 1. The summed E-state index contributed by atoms with van der Waals surface area (Å²) in [6, 6.07) is 33.3. The number of ether oxygens (including phenoxy) is 3. The van der Waals surface area contributed by atoms with E-state index in [1.165, 1.54) is 0 Å². The monoisotopic (exact) mass is 674 g/mol. The summed E-state index contributed by atoms with van der Waals surface area (Å²) in [5, 5.41) is 24.0. The molecule has 4 aromatic rings. The second-order valence-corrected chi connectivity index (χ2v) is 13.2. The maximum absolute atomic E-state index is 14.2. The van der Waals surface area contributed by atoms with Crippen LogP contribution < -0.4 is 5.32 Å².